The average Bonchev–Trinajstić information content (AvgIpc) is 3.22. The summed E-state index contributed by atoms with van der Waals surface area (Å²) in [6, 6.07) is 36.2. The minimum Gasteiger partial charge on any atom is -0.507 e. The molecule has 0 saturated heterocycles. The summed E-state index contributed by atoms with van der Waals surface area (Å²) in [4.78, 5) is 12.6. The Labute approximate surface area is 199 Å². The van der Waals surface area contributed by atoms with Gasteiger partial charge in [-0.25, -0.2) is 4.79 Å². The number of phenols is 1. The van der Waals surface area contributed by atoms with Crippen molar-refractivity contribution in [3.05, 3.63) is 120 Å². The number of fused-ring (bicyclic) bond motifs is 6. The van der Waals surface area contributed by atoms with Gasteiger partial charge in [0.25, 0.3) is 0 Å². The van der Waals surface area contributed by atoms with Gasteiger partial charge in [-0.2, -0.15) is 0 Å². The van der Waals surface area contributed by atoms with E-state index < -0.39 is 5.63 Å². The lowest BCUT2D eigenvalue weighted by molar-refractivity contribution is 0.477. The number of aromatic nitrogens is 1. The van der Waals surface area contributed by atoms with Gasteiger partial charge in [-0.3, -0.25) is 0 Å². The van der Waals surface area contributed by atoms with Crippen LogP contribution >= 0.6 is 0 Å². The molecule has 7 aromatic rings. The fourth-order valence-electron chi connectivity index (χ4n) is 5.15. The Morgan fingerprint density at radius 1 is 0.600 bits per heavy atom. The van der Waals surface area contributed by atoms with Gasteiger partial charge in [-0.1, -0.05) is 60.7 Å². The molecule has 0 unspecified atom stereocenters. The maximum atomic E-state index is 12.6. The molecule has 2 heterocycles. The van der Waals surface area contributed by atoms with E-state index in [0.717, 1.165) is 38.6 Å². The summed E-state index contributed by atoms with van der Waals surface area (Å²) in [5, 5.41) is 14.2. The topological polar surface area (TPSA) is 55.4 Å². The van der Waals surface area contributed by atoms with E-state index in [4.69, 9.17) is 4.42 Å². The Hall–Kier alpha value is -4.83. The van der Waals surface area contributed by atoms with Gasteiger partial charge in [0.05, 0.1) is 11.0 Å². The van der Waals surface area contributed by atoms with Crippen molar-refractivity contribution in [3.8, 4) is 22.6 Å². The Morgan fingerprint density at radius 2 is 1.31 bits per heavy atom. The summed E-state index contributed by atoms with van der Waals surface area (Å²) >= 11 is 0. The third-order valence-electron chi connectivity index (χ3n) is 6.74. The molecule has 0 aliphatic carbocycles. The summed E-state index contributed by atoms with van der Waals surface area (Å²) in [5.41, 5.74) is 5.36. The molecule has 0 amide bonds. The monoisotopic (exact) mass is 453 g/mol. The first-order valence-corrected chi connectivity index (χ1v) is 11.5. The fraction of sp³-hybridized carbons (Fsp3) is 0. The van der Waals surface area contributed by atoms with E-state index in [2.05, 4.69) is 71.3 Å². The summed E-state index contributed by atoms with van der Waals surface area (Å²) in [5.74, 6) is -0.0671. The van der Waals surface area contributed by atoms with Crippen molar-refractivity contribution >= 4 is 43.5 Å². The highest BCUT2D eigenvalue weighted by molar-refractivity contribution is 6.11. The predicted octanol–water partition coefficient (Wildman–Crippen LogP) is 7.42. The first-order valence-electron chi connectivity index (χ1n) is 11.5. The summed E-state index contributed by atoms with van der Waals surface area (Å²) < 4.78 is 7.90. The second-order valence-electron chi connectivity index (χ2n) is 8.72. The highest BCUT2D eigenvalue weighted by Crippen LogP contribution is 2.36. The molecule has 5 aromatic carbocycles. The molecular formula is C31H19NO3. The smallest absolute Gasteiger partial charge is 0.347 e. The number of hydrogen-bond acceptors (Lipinski definition) is 3. The van der Waals surface area contributed by atoms with Gasteiger partial charge in [-0.15, -0.1) is 0 Å². The molecule has 0 spiro atoms. The van der Waals surface area contributed by atoms with Crippen molar-refractivity contribution in [2.45, 2.75) is 0 Å². The van der Waals surface area contributed by atoms with Crippen LogP contribution in [0.2, 0.25) is 0 Å². The molecule has 0 aliphatic rings. The van der Waals surface area contributed by atoms with Crippen LogP contribution in [0.3, 0.4) is 0 Å². The van der Waals surface area contributed by atoms with E-state index in [1.165, 1.54) is 11.5 Å². The average molecular weight is 453 g/mol. The van der Waals surface area contributed by atoms with E-state index >= 15 is 0 Å². The number of benzene rings is 5. The predicted molar refractivity (Wildman–Crippen MR) is 141 cm³/mol. The normalized spacial score (nSPS) is 11.7. The van der Waals surface area contributed by atoms with Gasteiger partial charge >= 0.3 is 5.63 Å². The molecule has 0 bridgehead atoms. The summed E-state index contributed by atoms with van der Waals surface area (Å²) in [6.45, 7) is 0. The number of para-hydroxylation sites is 2. The van der Waals surface area contributed by atoms with Gasteiger partial charge in [0.1, 0.15) is 16.7 Å². The van der Waals surface area contributed by atoms with Crippen LogP contribution in [0, 0.1) is 0 Å². The van der Waals surface area contributed by atoms with Crippen molar-refractivity contribution in [2.75, 3.05) is 0 Å². The fourth-order valence-corrected chi connectivity index (χ4v) is 5.15. The minimum atomic E-state index is -0.538. The molecule has 35 heavy (non-hydrogen) atoms. The molecule has 0 aliphatic heterocycles. The van der Waals surface area contributed by atoms with Crippen molar-refractivity contribution in [2.24, 2.45) is 0 Å². The first kappa shape index (κ1) is 19.6. The lowest BCUT2D eigenvalue weighted by Gasteiger charge is -2.09. The van der Waals surface area contributed by atoms with Crippen LogP contribution in [-0.2, 0) is 0 Å². The highest BCUT2D eigenvalue weighted by atomic mass is 16.4. The Balaban J connectivity index is 1.47. The lowest BCUT2D eigenvalue weighted by Crippen LogP contribution is -2.00. The van der Waals surface area contributed by atoms with E-state index in [0.29, 0.717) is 11.0 Å². The Kier molecular flexibility index (Phi) is 4.11. The summed E-state index contributed by atoms with van der Waals surface area (Å²) in [6.07, 6.45) is 0. The molecule has 0 atom stereocenters. The molecule has 0 saturated carbocycles. The zero-order valence-electron chi connectivity index (χ0n) is 18.6. The second kappa shape index (κ2) is 7.34. The maximum Gasteiger partial charge on any atom is 0.347 e. The molecule has 0 radical (unpaired) electrons. The van der Waals surface area contributed by atoms with Crippen LogP contribution in [0.5, 0.6) is 5.75 Å². The molecule has 0 fully saturated rings. The number of nitrogens with zero attached hydrogens (tertiary/aromatic N) is 1. The zero-order chi connectivity index (χ0) is 23.5. The Bertz CT molecular complexity index is 1980. The summed E-state index contributed by atoms with van der Waals surface area (Å²) in [7, 11) is 0. The van der Waals surface area contributed by atoms with Crippen LogP contribution in [0.1, 0.15) is 0 Å². The van der Waals surface area contributed by atoms with E-state index in [1.54, 1.807) is 6.07 Å². The van der Waals surface area contributed by atoms with Crippen LogP contribution in [0.15, 0.2) is 118 Å². The first-order chi connectivity index (χ1) is 17.2. The lowest BCUT2D eigenvalue weighted by atomic mass is 10.00. The number of aromatic hydroxyl groups is 1. The van der Waals surface area contributed by atoms with E-state index in [9.17, 15) is 9.90 Å². The largest absolute Gasteiger partial charge is 0.507 e. The third-order valence-corrected chi connectivity index (χ3v) is 6.74. The molecule has 1 N–H and O–H groups in total. The Morgan fingerprint density at radius 3 is 2.20 bits per heavy atom. The SMILES string of the molecule is O=c1oc2cc(-c3ccc4c(c3)c3ccccc3n4-c3ccccc3)ccc2c2cccc(O)c12. The molecule has 4 heteroatoms. The van der Waals surface area contributed by atoms with E-state index in [-0.39, 0.29) is 11.1 Å². The quantitative estimate of drug-likeness (QED) is 0.219. The van der Waals surface area contributed by atoms with Gasteiger partial charge in [0, 0.05) is 27.2 Å². The van der Waals surface area contributed by atoms with Crippen LogP contribution in [0.25, 0.3) is 60.4 Å². The molecular weight excluding hydrogens is 434 g/mol. The van der Waals surface area contributed by atoms with Gasteiger partial charge in [-0.05, 0) is 59.7 Å². The minimum absolute atomic E-state index is 0.0671. The maximum absolute atomic E-state index is 12.6. The third kappa shape index (κ3) is 2.90. The number of phenolic OH excluding ortho intramolecular Hbond substituents is 1. The number of rotatable bonds is 2. The standard InChI is InChI=1S/C31H19NO3/c33-28-12-6-10-24-23-15-13-20(18-29(23)35-31(34)30(24)28)19-14-16-27-25(17-19)22-9-4-5-11-26(22)32(27)21-7-2-1-3-8-21/h1-18,33H. The van der Waals surface area contributed by atoms with Crippen LogP contribution < -0.4 is 5.63 Å². The van der Waals surface area contributed by atoms with Crippen LogP contribution in [0.4, 0.5) is 0 Å². The van der Waals surface area contributed by atoms with Crippen molar-refractivity contribution in [1.29, 1.82) is 0 Å². The zero-order valence-corrected chi connectivity index (χ0v) is 18.6. The second-order valence-corrected chi connectivity index (χ2v) is 8.72. The molecule has 166 valence electrons. The van der Waals surface area contributed by atoms with Crippen molar-refractivity contribution in [3.63, 3.8) is 0 Å². The van der Waals surface area contributed by atoms with Crippen molar-refractivity contribution in [1.82, 2.24) is 4.57 Å². The highest BCUT2D eigenvalue weighted by Gasteiger charge is 2.15. The van der Waals surface area contributed by atoms with E-state index in [1.807, 2.05) is 30.3 Å². The van der Waals surface area contributed by atoms with Gasteiger partial charge < -0.3 is 14.1 Å². The van der Waals surface area contributed by atoms with Gasteiger partial charge in [0.15, 0.2) is 0 Å². The van der Waals surface area contributed by atoms with Crippen molar-refractivity contribution < 1.29 is 9.52 Å². The molecule has 7 rings (SSSR count). The van der Waals surface area contributed by atoms with Crippen LogP contribution in [-0.4, -0.2) is 9.67 Å². The van der Waals surface area contributed by atoms with Gasteiger partial charge in [0.2, 0.25) is 0 Å². The molecule has 2 aromatic heterocycles. The number of hydrogen-bond donors (Lipinski definition) is 1. The molecule has 4 nitrogen and oxygen atoms in total.